The first-order valence-corrected chi connectivity index (χ1v) is 6.16. The van der Waals surface area contributed by atoms with Crippen molar-refractivity contribution in [1.82, 2.24) is 0 Å². The average Bonchev–Trinajstić information content (AvgIpc) is 2.39. The Balaban J connectivity index is 2.26. The van der Waals surface area contributed by atoms with Gasteiger partial charge in [0.15, 0.2) is 0 Å². The molecule has 88 valence electrons. The van der Waals surface area contributed by atoms with Crippen molar-refractivity contribution in [3.63, 3.8) is 0 Å². The van der Waals surface area contributed by atoms with Crippen LogP contribution in [0.3, 0.4) is 0 Å². The molecule has 17 heavy (non-hydrogen) atoms. The summed E-state index contributed by atoms with van der Waals surface area (Å²) in [6.07, 6.45) is 1.18. The van der Waals surface area contributed by atoms with E-state index in [0.717, 1.165) is 5.69 Å². The van der Waals surface area contributed by atoms with Gasteiger partial charge in [-0.05, 0) is 41.2 Å². The minimum Gasteiger partial charge on any atom is -0.399 e. The van der Waals surface area contributed by atoms with Gasteiger partial charge in [0.2, 0.25) is 0 Å². The van der Waals surface area contributed by atoms with Gasteiger partial charge in [-0.15, -0.1) is 0 Å². The van der Waals surface area contributed by atoms with E-state index in [-0.39, 0.29) is 0 Å². The van der Waals surface area contributed by atoms with Gasteiger partial charge in [0.1, 0.15) is 0 Å². The van der Waals surface area contributed by atoms with Gasteiger partial charge >= 0.3 is 0 Å². The molecule has 1 heteroatoms. The van der Waals surface area contributed by atoms with Crippen LogP contribution < -0.4 is 5.73 Å². The molecule has 2 aromatic carbocycles. The summed E-state index contributed by atoms with van der Waals surface area (Å²) in [7, 11) is 0. The van der Waals surface area contributed by atoms with Crippen molar-refractivity contribution in [3.05, 3.63) is 54.1 Å². The molecule has 0 spiro atoms. The van der Waals surface area contributed by atoms with E-state index in [9.17, 15) is 0 Å². The fraction of sp³-hybridized carbons (Fsp3) is 0.250. The van der Waals surface area contributed by atoms with E-state index in [0.29, 0.717) is 5.92 Å². The summed E-state index contributed by atoms with van der Waals surface area (Å²) >= 11 is 0. The summed E-state index contributed by atoms with van der Waals surface area (Å²) in [5, 5.41) is 0. The lowest BCUT2D eigenvalue weighted by Gasteiger charge is -2.10. The molecule has 0 bridgehead atoms. The van der Waals surface area contributed by atoms with Crippen LogP contribution >= 0.6 is 0 Å². The molecular weight excluding hydrogens is 206 g/mol. The van der Waals surface area contributed by atoms with Crippen LogP contribution in [0.4, 0.5) is 5.69 Å². The Morgan fingerprint density at radius 3 is 1.82 bits per heavy atom. The Hall–Kier alpha value is -1.76. The Morgan fingerprint density at radius 2 is 1.35 bits per heavy atom. The minimum atomic E-state index is 0.635. The van der Waals surface area contributed by atoms with Crippen LogP contribution in [0.25, 0.3) is 11.1 Å². The Bertz CT molecular complexity index is 468. The molecule has 2 rings (SSSR count). The zero-order valence-corrected chi connectivity index (χ0v) is 10.5. The summed E-state index contributed by atoms with van der Waals surface area (Å²) < 4.78 is 0. The molecule has 0 amide bonds. The van der Waals surface area contributed by atoms with Crippen molar-refractivity contribution in [2.45, 2.75) is 26.2 Å². The highest BCUT2D eigenvalue weighted by Crippen LogP contribution is 2.24. The Labute approximate surface area is 103 Å². The fourth-order valence-corrected chi connectivity index (χ4v) is 1.92. The van der Waals surface area contributed by atoms with Gasteiger partial charge in [-0.1, -0.05) is 50.2 Å². The number of nitrogens with two attached hydrogens (primary N) is 1. The predicted octanol–water partition coefficient (Wildman–Crippen LogP) is 4.45. The SMILES string of the molecule is CC[C@@H](C)c1ccc(-c2ccc(N)cc2)cc1. The van der Waals surface area contributed by atoms with Crippen LogP contribution in [-0.2, 0) is 0 Å². The first-order valence-electron chi connectivity index (χ1n) is 6.16. The number of rotatable bonds is 3. The van der Waals surface area contributed by atoms with Crippen LogP contribution in [0.15, 0.2) is 48.5 Å². The fourth-order valence-electron chi connectivity index (χ4n) is 1.92. The molecule has 0 heterocycles. The van der Waals surface area contributed by atoms with Crippen LogP contribution in [-0.4, -0.2) is 0 Å². The maximum atomic E-state index is 5.69. The molecule has 1 nitrogen and oxygen atoms in total. The van der Waals surface area contributed by atoms with Crippen LogP contribution in [0.1, 0.15) is 31.7 Å². The van der Waals surface area contributed by atoms with E-state index in [2.05, 4.69) is 50.2 Å². The second-order valence-corrected chi connectivity index (χ2v) is 4.55. The monoisotopic (exact) mass is 225 g/mol. The van der Waals surface area contributed by atoms with Gasteiger partial charge in [-0.2, -0.15) is 0 Å². The van der Waals surface area contributed by atoms with Gasteiger partial charge in [0.25, 0.3) is 0 Å². The first kappa shape index (κ1) is 11.7. The van der Waals surface area contributed by atoms with E-state index in [1.165, 1.54) is 23.1 Å². The molecule has 1 atom stereocenters. The highest BCUT2D eigenvalue weighted by atomic mass is 14.5. The van der Waals surface area contributed by atoms with E-state index in [1.54, 1.807) is 0 Å². The highest BCUT2D eigenvalue weighted by Gasteiger charge is 2.03. The Kier molecular flexibility index (Phi) is 3.48. The molecule has 0 aliphatic rings. The topological polar surface area (TPSA) is 26.0 Å². The number of nitrogen functional groups attached to an aromatic ring is 1. The molecule has 2 N–H and O–H groups in total. The molecule has 0 radical (unpaired) electrons. The summed E-state index contributed by atoms with van der Waals surface area (Å²) in [6.45, 7) is 4.48. The summed E-state index contributed by atoms with van der Waals surface area (Å²) in [5.74, 6) is 0.635. The number of hydrogen-bond donors (Lipinski definition) is 1. The maximum absolute atomic E-state index is 5.69. The van der Waals surface area contributed by atoms with Gasteiger partial charge in [-0.25, -0.2) is 0 Å². The highest BCUT2D eigenvalue weighted by molar-refractivity contribution is 5.65. The van der Waals surface area contributed by atoms with Crippen LogP contribution in [0.5, 0.6) is 0 Å². The third-order valence-corrected chi connectivity index (χ3v) is 3.34. The zero-order valence-electron chi connectivity index (χ0n) is 10.5. The molecule has 0 unspecified atom stereocenters. The third kappa shape index (κ3) is 2.68. The Morgan fingerprint density at radius 1 is 0.882 bits per heavy atom. The average molecular weight is 225 g/mol. The zero-order chi connectivity index (χ0) is 12.3. The van der Waals surface area contributed by atoms with E-state index >= 15 is 0 Å². The minimum absolute atomic E-state index is 0.635. The molecule has 0 aliphatic heterocycles. The number of anilines is 1. The largest absolute Gasteiger partial charge is 0.399 e. The first-order chi connectivity index (χ1) is 8.20. The van der Waals surface area contributed by atoms with Gasteiger partial charge in [0, 0.05) is 5.69 Å². The van der Waals surface area contributed by atoms with Crippen molar-refractivity contribution in [3.8, 4) is 11.1 Å². The summed E-state index contributed by atoms with van der Waals surface area (Å²) in [4.78, 5) is 0. The van der Waals surface area contributed by atoms with Crippen molar-refractivity contribution in [1.29, 1.82) is 0 Å². The van der Waals surface area contributed by atoms with Crippen molar-refractivity contribution >= 4 is 5.69 Å². The maximum Gasteiger partial charge on any atom is 0.0314 e. The standard InChI is InChI=1S/C16H19N/c1-3-12(2)13-4-6-14(7-5-13)15-8-10-16(17)11-9-15/h4-12H,3,17H2,1-2H3/t12-/m1/s1. The van der Waals surface area contributed by atoms with Gasteiger partial charge in [-0.3, -0.25) is 0 Å². The van der Waals surface area contributed by atoms with E-state index in [4.69, 9.17) is 5.73 Å². The normalized spacial score (nSPS) is 12.4. The van der Waals surface area contributed by atoms with Crippen molar-refractivity contribution < 1.29 is 0 Å². The molecule has 0 aromatic heterocycles. The lowest BCUT2D eigenvalue weighted by molar-refractivity contribution is 0.734. The lowest BCUT2D eigenvalue weighted by atomic mass is 9.96. The number of benzene rings is 2. The molecule has 0 aliphatic carbocycles. The summed E-state index contributed by atoms with van der Waals surface area (Å²) in [5.41, 5.74) is 10.4. The number of hydrogen-bond acceptors (Lipinski definition) is 1. The van der Waals surface area contributed by atoms with Gasteiger partial charge < -0.3 is 5.73 Å². The molecule has 0 fully saturated rings. The third-order valence-electron chi connectivity index (χ3n) is 3.34. The predicted molar refractivity (Wildman–Crippen MR) is 75.0 cm³/mol. The second kappa shape index (κ2) is 5.05. The molecule has 2 aromatic rings. The molecule has 0 saturated heterocycles. The van der Waals surface area contributed by atoms with Crippen molar-refractivity contribution in [2.75, 3.05) is 5.73 Å². The van der Waals surface area contributed by atoms with E-state index in [1.807, 2.05) is 12.1 Å². The lowest BCUT2D eigenvalue weighted by Crippen LogP contribution is -1.90. The van der Waals surface area contributed by atoms with Crippen LogP contribution in [0, 0.1) is 0 Å². The summed E-state index contributed by atoms with van der Waals surface area (Å²) in [6, 6.07) is 16.8. The smallest absolute Gasteiger partial charge is 0.0314 e. The second-order valence-electron chi connectivity index (χ2n) is 4.55. The van der Waals surface area contributed by atoms with Gasteiger partial charge in [0.05, 0.1) is 0 Å². The van der Waals surface area contributed by atoms with E-state index < -0.39 is 0 Å². The molecule has 0 saturated carbocycles. The molecular formula is C16H19N. The quantitative estimate of drug-likeness (QED) is 0.767. The van der Waals surface area contributed by atoms with Crippen molar-refractivity contribution in [2.24, 2.45) is 0 Å². The van der Waals surface area contributed by atoms with Crippen LogP contribution in [0.2, 0.25) is 0 Å².